The van der Waals surface area contributed by atoms with Crippen LogP contribution < -0.4 is 11.1 Å². The van der Waals surface area contributed by atoms with Gasteiger partial charge in [0, 0.05) is 18.7 Å². The van der Waals surface area contributed by atoms with Crippen LogP contribution in [0.15, 0.2) is 24.3 Å². The van der Waals surface area contributed by atoms with Crippen LogP contribution in [0.4, 0.5) is 0 Å². The van der Waals surface area contributed by atoms with Crippen molar-refractivity contribution < 1.29 is 9.53 Å². The Balaban J connectivity index is 0.00000441. The van der Waals surface area contributed by atoms with E-state index in [0.717, 1.165) is 12.0 Å². The van der Waals surface area contributed by atoms with E-state index >= 15 is 0 Å². The second-order valence-electron chi connectivity index (χ2n) is 5.60. The minimum absolute atomic E-state index is 0. The Hall–Kier alpha value is -0.810. The van der Waals surface area contributed by atoms with Crippen molar-refractivity contribution in [2.75, 3.05) is 13.7 Å². The lowest BCUT2D eigenvalue weighted by Crippen LogP contribution is -2.34. The molecule has 0 aliphatic heterocycles. The Morgan fingerprint density at radius 3 is 2.36 bits per heavy atom. The average Bonchev–Trinajstić information content (AvgIpc) is 2.44. The largest absolute Gasteiger partial charge is 0.380 e. The molecule has 1 aromatic rings. The van der Waals surface area contributed by atoms with Crippen LogP contribution in [-0.2, 0) is 9.53 Å². The molecule has 0 aliphatic rings. The van der Waals surface area contributed by atoms with Crippen molar-refractivity contribution in [1.82, 2.24) is 5.32 Å². The average molecular weight is 349 g/mol. The molecule has 6 heteroatoms. The minimum atomic E-state index is -0.241. The van der Waals surface area contributed by atoms with Gasteiger partial charge in [0.05, 0.1) is 18.6 Å². The lowest BCUT2D eigenvalue weighted by atomic mass is 9.96. The molecule has 1 aromatic carbocycles. The summed E-state index contributed by atoms with van der Waals surface area (Å²) in [5.41, 5.74) is 6.61. The Bertz CT molecular complexity index is 434. The van der Waals surface area contributed by atoms with E-state index in [4.69, 9.17) is 22.1 Å². The highest BCUT2D eigenvalue weighted by atomic mass is 35.5. The summed E-state index contributed by atoms with van der Waals surface area (Å²) in [7, 11) is 1.57. The Labute approximate surface area is 144 Å². The van der Waals surface area contributed by atoms with Crippen LogP contribution in [-0.4, -0.2) is 25.7 Å². The fourth-order valence-corrected chi connectivity index (χ4v) is 2.29. The standard InChI is InChI=1S/C16H25ClN2O2.ClH/c1-11(2)8-15(12-4-6-13(17)7-5-12)19-16(20)9-14(10-18)21-3;/h4-7,11,14-15H,8-10,18H2,1-3H3,(H,19,20);1H. The number of methoxy groups -OCH3 is 1. The van der Waals surface area contributed by atoms with Gasteiger partial charge < -0.3 is 15.8 Å². The van der Waals surface area contributed by atoms with Crippen LogP contribution in [0.1, 0.15) is 38.3 Å². The first-order chi connectivity index (χ1) is 9.96. The van der Waals surface area contributed by atoms with Crippen molar-refractivity contribution in [3.63, 3.8) is 0 Å². The zero-order valence-corrected chi connectivity index (χ0v) is 14.9. The quantitative estimate of drug-likeness (QED) is 0.757. The van der Waals surface area contributed by atoms with E-state index in [1.165, 1.54) is 0 Å². The van der Waals surface area contributed by atoms with Crippen molar-refractivity contribution in [2.45, 2.75) is 38.8 Å². The summed E-state index contributed by atoms with van der Waals surface area (Å²) in [6.45, 7) is 4.60. The molecule has 0 saturated heterocycles. The third-order valence-electron chi connectivity index (χ3n) is 3.32. The van der Waals surface area contributed by atoms with E-state index in [9.17, 15) is 4.79 Å². The highest BCUT2D eigenvalue weighted by Crippen LogP contribution is 2.23. The second kappa shape index (κ2) is 10.8. The summed E-state index contributed by atoms with van der Waals surface area (Å²) in [6, 6.07) is 7.56. The van der Waals surface area contributed by atoms with Gasteiger partial charge in [0.1, 0.15) is 0 Å². The van der Waals surface area contributed by atoms with E-state index in [-0.39, 0.29) is 36.9 Å². The van der Waals surface area contributed by atoms with Crippen LogP contribution in [0.25, 0.3) is 0 Å². The Morgan fingerprint density at radius 1 is 1.32 bits per heavy atom. The van der Waals surface area contributed by atoms with E-state index < -0.39 is 0 Å². The molecule has 2 unspecified atom stereocenters. The molecule has 0 bridgehead atoms. The van der Waals surface area contributed by atoms with Gasteiger partial charge in [0.25, 0.3) is 0 Å². The zero-order chi connectivity index (χ0) is 15.8. The van der Waals surface area contributed by atoms with Gasteiger partial charge >= 0.3 is 0 Å². The molecule has 4 nitrogen and oxygen atoms in total. The number of halogens is 2. The topological polar surface area (TPSA) is 64.3 Å². The summed E-state index contributed by atoms with van der Waals surface area (Å²) in [5.74, 6) is 0.423. The van der Waals surface area contributed by atoms with E-state index in [0.29, 0.717) is 17.5 Å². The number of rotatable bonds is 8. The fraction of sp³-hybridized carbons (Fsp3) is 0.562. The van der Waals surface area contributed by atoms with Crippen molar-refractivity contribution in [1.29, 1.82) is 0 Å². The van der Waals surface area contributed by atoms with Crippen molar-refractivity contribution in [3.8, 4) is 0 Å². The summed E-state index contributed by atoms with van der Waals surface area (Å²) in [6.07, 6.45) is 0.901. The molecule has 2 atom stereocenters. The highest BCUT2D eigenvalue weighted by molar-refractivity contribution is 6.30. The third-order valence-corrected chi connectivity index (χ3v) is 3.58. The van der Waals surface area contributed by atoms with E-state index in [1.54, 1.807) is 7.11 Å². The van der Waals surface area contributed by atoms with Gasteiger partial charge in [-0.05, 0) is 30.0 Å². The number of carbonyl (C=O) groups is 1. The van der Waals surface area contributed by atoms with Crippen molar-refractivity contribution >= 4 is 29.9 Å². The zero-order valence-electron chi connectivity index (χ0n) is 13.3. The first-order valence-corrected chi connectivity index (χ1v) is 7.61. The van der Waals surface area contributed by atoms with Gasteiger partial charge in [-0.15, -0.1) is 12.4 Å². The van der Waals surface area contributed by atoms with Crippen LogP contribution in [0.3, 0.4) is 0 Å². The molecule has 0 aromatic heterocycles. The molecular formula is C16H26Cl2N2O2. The van der Waals surface area contributed by atoms with Crippen LogP contribution >= 0.6 is 24.0 Å². The lowest BCUT2D eigenvalue weighted by Gasteiger charge is -2.22. The third kappa shape index (κ3) is 7.45. The summed E-state index contributed by atoms with van der Waals surface area (Å²) in [4.78, 5) is 12.1. The van der Waals surface area contributed by atoms with Crippen molar-refractivity contribution in [3.05, 3.63) is 34.9 Å². The number of ether oxygens (including phenoxy) is 1. The second-order valence-corrected chi connectivity index (χ2v) is 6.04. The summed E-state index contributed by atoms with van der Waals surface area (Å²) >= 11 is 5.92. The van der Waals surface area contributed by atoms with Crippen LogP contribution in [0.5, 0.6) is 0 Å². The molecule has 0 saturated carbocycles. The lowest BCUT2D eigenvalue weighted by molar-refractivity contribution is -0.124. The molecule has 22 heavy (non-hydrogen) atoms. The molecule has 0 spiro atoms. The number of hydrogen-bond donors (Lipinski definition) is 2. The van der Waals surface area contributed by atoms with Crippen LogP contribution in [0.2, 0.25) is 5.02 Å². The maximum Gasteiger partial charge on any atom is 0.223 e. The van der Waals surface area contributed by atoms with E-state index in [1.807, 2.05) is 24.3 Å². The summed E-state index contributed by atoms with van der Waals surface area (Å²) < 4.78 is 5.15. The van der Waals surface area contributed by atoms with Gasteiger partial charge in [-0.1, -0.05) is 37.6 Å². The van der Waals surface area contributed by atoms with E-state index in [2.05, 4.69) is 19.2 Å². The minimum Gasteiger partial charge on any atom is -0.380 e. The number of nitrogens with one attached hydrogen (secondary N) is 1. The highest BCUT2D eigenvalue weighted by Gasteiger charge is 2.18. The number of amides is 1. The molecule has 0 radical (unpaired) electrons. The van der Waals surface area contributed by atoms with Crippen molar-refractivity contribution in [2.24, 2.45) is 11.7 Å². The maximum absolute atomic E-state index is 12.1. The Morgan fingerprint density at radius 2 is 1.91 bits per heavy atom. The Kier molecular flexibility index (Phi) is 10.4. The van der Waals surface area contributed by atoms with Gasteiger partial charge in [-0.2, -0.15) is 0 Å². The predicted octanol–water partition coefficient (Wildman–Crippen LogP) is 3.33. The molecule has 0 fully saturated rings. The molecule has 3 N–H and O–H groups in total. The first kappa shape index (κ1) is 21.2. The number of benzene rings is 1. The molecule has 0 aliphatic carbocycles. The molecular weight excluding hydrogens is 323 g/mol. The predicted molar refractivity (Wildman–Crippen MR) is 93.5 cm³/mol. The smallest absolute Gasteiger partial charge is 0.223 e. The number of hydrogen-bond acceptors (Lipinski definition) is 3. The number of carbonyl (C=O) groups excluding carboxylic acids is 1. The molecule has 0 heterocycles. The normalized spacial score (nSPS) is 13.4. The molecule has 1 amide bonds. The SMILES string of the molecule is COC(CN)CC(=O)NC(CC(C)C)c1ccc(Cl)cc1.Cl. The summed E-state index contributed by atoms with van der Waals surface area (Å²) in [5, 5.41) is 3.76. The monoisotopic (exact) mass is 348 g/mol. The van der Waals surface area contributed by atoms with Crippen LogP contribution in [0, 0.1) is 5.92 Å². The molecule has 126 valence electrons. The van der Waals surface area contributed by atoms with Gasteiger partial charge in [0.15, 0.2) is 0 Å². The first-order valence-electron chi connectivity index (χ1n) is 7.24. The fourth-order valence-electron chi connectivity index (χ4n) is 2.17. The van der Waals surface area contributed by atoms with Gasteiger partial charge in [-0.3, -0.25) is 4.79 Å². The maximum atomic E-state index is 12.1. The molecule has 1 rings (SSSR count). The van der Waals surface area contributed by atoms with Gasteiger partial charge in [-0.25, -0.2) is 0 Å². The number of nitrogens with two attached hydrogens (primary N) is 1. The van der Waals surface area contributed by atoms with Gasteiger partial charge in [0.2, 0.25) is 5.91 Å².